The molecule has 1 aromatic rings. The highest BCUT2D eigenvalue weighted by Crippen LogP contribution is 2.36. The second kappa shape index (κ2) is 4.29. The summed E-state index contributed by atoms with van der Waals surface area (Å²) >= 11 is 0. The Morgan fingerprint density at radius 3 is 2.59 bits per heavy atom. The normalized spacial score (nSPS) is 32.6. The summed E-state index contributed by atoms with van der Waals surface area (Å²) in [5.41, 5.74) is -0.968. The van der Waals surface area contributed by atoms with Gasteiger partial charge in [0.25, 0.3) is 5.56 Å². The average Bonchev–Trinajstić information content (AvgIpc) is 2.57. The number of ether oxygens (including phenoxy) is 1. The van der Waals surface area contributed by atoms with Crippen LogP contribution in [-0.4, -0.2) is 21.9 Å². The fraction of sp³-hybridized carbons (Fsp3) is 0.545. The number of hydrogen-bond acceptors (Lipinski definition) is 4. The van der Waals surface area contributed by atoms with Gasteiger partial charge in [0.1, 0.15) is 18.6 Å². The first kappa shape index (κ1) is 11.8. The van der Waals surface area contributed by atoms with E-state index in [0.717, 1.165) is 6.29 Å². The molecule has 0 spiro atoms. The summed E-state index contributed by atoms with van der Waals surface area (Å²) in [7, 11) is 0. The molecular weight excluding hydrogens is 224 g/mol. The summed E-state index contributed by atoms with van der Waals surface area (Å²) in [6, 6.07) is 1.26. The second-order valence-electron chi connectivity index (χ2n) is 4.36. The Hall–Kier alpha value is -1.69. The van der Waals surface area contributed by atoms with Crippen LogP contribution in [0.2, 0.25) is 0 Å². The Labute approximate surface area is 97.2 Å². The minimum atomic E-state index is -0.520. The van der Waals surface area contributed by atoms with E-state index in [1.54, 1.807) is 0 Å². The van der Waals surface area contributed by atoms with Crippen molar-refractivity contribution < 1.29 is 9.53 Å². The lowest BCUT2D eigenvalue weighted by Crippen LogP contribution is -2.33. The largest absolute Gasteiger partial charge is 0.347 e. The van der Waals surface area contributed by atoms with Crippen LogP contribution < -0.4 is 11.2 Å². The van der Waals surface area contributed by atoms with Crippen molar-refractivity contribution in [2.24, 2.45) is 11.8 Å². The molecule has 1 saturated heterocycles. The molecule has 6 nitrogen and oxygen atoms in total. The number of aromatic nitrogens is 2. The molecule has 1 aromatic heterocycles. The van der Waals surface area contributed by atoms with Gasteiger partial charge in [-0.3, -0.25) is 14.3 Å². The lowest BCUT2D eigenvalue weighted by molar-refractivity contribution is -0.120. The number of rotatable bonds is 2. The maximum absolute atomic E-state index is 11.6. The SMILES string of the molecule is CC1C(C=O)OC(n2ccc(=O)[nH]c2=O)C1C. The first-order valence-corrected chi connectivity index (χ1v) is 5.47. The van der Waals surface area contributed by atoms with E-state index in [9.17, 15) is 14.4 Å². The van der Waals surface area contributed by atoms with Crippen LogP contribution in [-0.2, 0) is 9.53 Å². The van der Waals surface area contributed by atoms with Gasteiger partial charge in [0.05, 0.1) is 0 Å². The van der Waals surface area contributed by atoms with Gasteiger partial charge in [-0.25, -0.2) is 4.79 Å². The predicted octanol–water partition coefficient (Wildman–Crippen LogP) is -0.0949. The van der Waals surface area contributed by atoms with Crippen molar-refractivity contribution in [2.45, 2.75) is 26.2 Å². The number of aromatic amines is 1. The fourth-order valence-electron chi connectivity index (χ4n) is 2.07. The molecule has 0 bridgehead atoms. The summed E-state index contributed by atoms with van der Waals surface area (Å²) in [5.74, 6) is 0.0603. The number of carbonyl (C=O) groups excluding carboxylic acids is 1. The molecule has 1 N–H and O–H groups in total. The second-order valence-corrected chi connectivity index (χ2v) is 4.36. The van der Waals surface area contributed by atoms with Gasteiger partial charge in [0.2, 0.25) is 0 Å². The molecular formula is C11H14N2O4. The minimum Gasteiger partial charge on any atom is -0.347 e. The van der Waals surface area contributed by atoms with Gasteiger partial charge in [-0.05, 0) is 5.92 Å². The zero-order valence-electron chi connectivity index (χ0n) is 9.62. The molecule has 0 aliphatic carbocycles. The van der Waals surface area contributed by atoms with Crippen LogP contribution in [0.15, 0.2) is 21.9 Å². The molecule has 4 unspecified atom stereocenters. The van der Waals surface area contributed by atoms with Crippen LogP contribution in [0.1, 0.15) is 20.1 Å². The van der Waals surface area contributed by atoms with Crippen molar-refractivity contribution in [2.75, 3.05) is 0 Å². The summed E-state index contributed by atoms with van der Waals surface area (Å²) in [4.78, 5) is 35.5. The highest BCUT2D eigenvalue weighted by atomic mass is 16.5. The Kier molecular flexibility index (Phi) is 2.97. The molecule has 2 heterocycles. The summed E-state index contributed by atoms with van der Waals surface area (Å²) in [6.45, 7) is 3.82. The predicted molar refractivity (Wildman–Crippen MR) is 59.6 cm³/mol. The van der Waals surface area contributed by atoms with Gasteiger partial charge in [-0.2, -0.15) is 0 Å². The van der Waals surface area contributed by atoms with Crippen LogP contribution in [0.5, 0.6) is 0 Å². The van der Waals surface area contributed by atoms with Gasteiger partial charge >= 0.3 is 5.69 Å². The van der Waals surface area contributed by atoms with Gasteiger partial charge in [-0.15, -0.1) is 0 Å². The Bertz CT molecular complexity index is 533. The molecule has 92 valence electrons. The molecule has 1 aliphatic rings. The van der Waals surface area contributed by atoms with Gasteiger partial charge in [-0.1, -0.05) is 13.8 Å². The van der Waals surface area contributed by atoms with Gasteiger partial charge in [0, 0.05) is 18.2 Å². The number of hydrogen-bond donors (Lipinski definition) is 1. The molecule has 2 rings (SSSR count). The van der Waals surface area contributed by atoms with Gasteiger partial charge < -0.3 is 9.53 Å². The van der Waals surface area contributed by atoms with Crippen LogP contribution in [0.25, 0.3) is 0 Å². The van der Waals surface area contributed by atoms with Gasteiger partial charge in [0.15, 0.2) is 0 Å². The molecule has 0 saturated carbocycles. The smallest absolute Gasteiger partial charge is 0.330 e. The third-order valence-electron chi connectivity index (χ3n) is 3.35. The van der Waals surface area contributed by atoms with Crippen molar-refractivity contribution in [3.8, 4) is 0 Å². The summed E-state index contributed by atoms with van der Waals surface area (Å²) < 4.78 is 6.83. The molecule has 0 amide bonds. The van der Waals surface area contributed by atoms with E-state index in [1.165, 1.54) is 16.8 Å². The molecule has 1 fully saturated rings. The van der Waals surface area contributed by atoms with E-state index >= 15 is 0 Å². The third-order valence-corrected chi connectivity index (χ3v) is 3.35. The molecule has 17 heavy (non-hydrogen) atoms. The average molecular weight is 238 g/mol. The Balaban J connectivity index is 2.38. The standard InChI is InChI=1S/C11H14N2O4/c1-6-7(2)10(17-8(6)5-14)13-4-3-9(15)12-11(13)16/h3-8,10H,1-2H3,(H,12,15,16). The molecule has 0 aromatic carbocycles. The topological polar surface area (TPSA) is 81.2 Å². The van der Waals surface area contributed by atoms with Crippen molar-refractivity contribution in [3.05, 3.63) is 33.1 Å². The van der Waals surface area contributed by atoms with Crippen LogP contribution >= 0.6 is 0 Å². The number of carbonyl (C=O) groups is 1. The molecule has 1 aliphatic heterocycles. The van der Waals surface area contributed by atoms with E-state index in [4.69, 9.17) is 4.74 Å². The van der Waals surface area contributed by atoms with Crippen molar-refractivity contribution in [1.82, 2.24) is 9.55 Å². The zero-order chi connectivity index (χ0) is 12.6. The lowest BCUT2D eigenvalue weighted by atomic mass is 9.93. The number of nitrogens with one attached hydrogen (secondary N) is 1. The van der Waals surface area contributed by atoms with Crippen LogP contribution in [0, 0.1) is 11.8 Å². The van der Waals surface area contributed by atoms with E-state index in [2.05, 4.69) is 4.98 Å². The van der Waals surface area contributed by atoms with E-state index in [0.29, 0.717) is 0 Å². The summed E-state index contributed by atoms with van der Waals surface area (Å²) in [5, 5.41) is 0. The maximum atomic E-state index is 11.6. The maximum Gasteiger partial charge on any atom is 0.330 e. The highest BCUT2D eigenvalue weighted by molar-refractivity contribution is 5.57. The highest BCUT2D eigenvalue weighted by Gasteiger charge is 2.40. The van der Waals surface area contributed by atoms with E-state index in [1.807, 2.05) is 13.8 Å². The fourth-order valence-corrected chi connectivity index (χ4v) is 2.07. The quantitative estimate of drug-likeness (QED) is 0.730. The van der Waals surface area contributed by atoms with Crippen molar-refractivity contribution in [3.63, 3.8) is 0 Å². The van der Waals surface area contributed by atoms with Crippen LogP contribution in [0.3, 0.4) is 0 Å². The van der Waals surface area contributed by atoms with E-state index in [-0.39, 0.29) is 11.8 Å². The molecule has 0 radical (unpaired) electrons. The third kappa shape index (κ3) is 1.95. The number of aldehydes is 1. The number of nitrogens with zero attached hydrogens (tertiary/aromatic N) is 1. The minimum absolute atomic E-state index is 0.0220. The van der Waals surface area contributed by atoms with Crippen LogP contribution in [0.4, 0.5) is 0 Å². The first-order valence-electron chi connectivity index (χ1n) is 5.47. The van der Waals surface area contributed by atoms with Crippen molar-refractivity contribution >= 4 is 6.29 Å². The monoisotopic (exact) mass is 238 g/mol. The van der Waals surface area contributed by atoms with E-state index < -0.39 is 23.6 Å². The first-order chi connectivity index (χ1) is 8.04. The molecule has 4 atom stereocenters. The lowest BCUT2D eigenvalue weighted by Gasteiger charge is -2.17. The Morgan fingerprint density at radius 1 is 1.35 bits per heavy atom. The van der Waals surface area contributed by atoms with Crippen molar-refractivity contribution in [1.29, 1.82) is 0 Å². The zero-order valence-corrected chi connectivity index (χ0v) is 9.62. The number of H-pyrrole nitrogens is 1. The summed E-state index contributed by atoms with van der Waals surface area (Å²) in [6.07, 6.45) is 1.12. The molecule has 6 heteroatoms. The Morgan fingerprint density at radius 2 is 2.06 bits per heavy atom.